The number of ether oxygens (including phenoxy) is 2. The van der Waals surface area contributed by atoms with Gasteiger partial charge in [0.1, 0.15) is 11.3 Å². The van der Waals surface area contributed by atoms with Crippen LogP contribution in [0.2, 0.25) is 0 Å². The molecule has 0 aliphatic heterocycles. The summed E-state index contributed by atoms with van der Waals surface area (Å²) < 4.78 is 21.7. The van der Waals surface area contributed by atoms with E-state index >= 15 is 0 Å². The molecule has 0 N–H and O–H groups in total. The van der Waals surface area contributed by atoms with Crippen molar-refractivity contribution in [3.8, 4) is 17.2 Å². The largest absolute Gasteiger partial charge is 0.493 e. The van der Waals surface area contributed by atoms with Gasteiger partial charge in [-0.3, -0.25) is 0 Å². The molecule has 124 valence electrons. The van der Waals surface area contributed by atoms with Gasteiger partial charge in [0.15, 0.2) is 11.3 Å². The minimum atomic E-state index is -0.491. The first kappa shape index (κ1) is 15.0. The number of methoxy groups -OCH3 is 1. The molecule has 0 bridgehead atoms. The minimum absolute atomic E-state index is 0.273. The van der Waals surface area contributed by atoms with Crippen molar-refractivity contribution in [2.75, 3.05) is 7.11 Å². The zero-order valence-corrected chi connectivity index (χ0v) is 13.1. The van der Waals surface area contributed by atoms with Crippen LogP contribution in [0.5, 0.6) is 17.2 Å². The molecule has 0 atom stereocenters. The van der Waals surface area contributed by atoms with Gasteiger partial charge in [-0.2, -0.15) is 0 Å². The topological polar surface area (TPSA) is 78.9 Å². The molecule has 25 heavy (non-hydrogen) atoms. The molecule has 2 aromatic heterocycles. The Kier molecular flexibility index (Phi) is 3.50. The van der Waals surface area contributed by atoms with E-state index < -0.39 is 11.3 Å². The van der Waals surface area contributed by atoms with Gasteiger partial charge in [-0.05, 0) is 36.4 Å². The molecule has 0 amide bonds. The standard InChI is InChI=1S/C19H12O6/c1-22-14-7-3-12-5-9-17(21)25-18(12)19(14)23-13-6-2-11-4-8-16(20)24-15(11)10-13/h2-10H,1H3. The Balaban J connectivity index is 1.88. The van der Waals surface area contributed by atoms with Gasteiger partial charge < -0.3 is 18.3 Å². The molecule has 0 saturated carbocycles. The summed E-state index contributed by atoms with van der Waals surface area (Å²) in [6.45, 7) is 0. The van der Waals surface area contributed by atoms with Crippen LogP contribution in [0.4, 0.5) is 0 Å². The molecule has 0 aliphatic carbocycles. The fourth-order valence-corrected chi connectivity index (χ4v) is 2.57. The highest BCUT2D eigenvalue weighted by atomic mass is 16.5. The normalized spacial score (nSPS) is 10.9. The number of benzene rings is 2. The van der Waals surface area contributed by atoms with Crippen molar-refractivity contribution in [3.05, 3.63) is 75.4 Å². The molecule has 0 unspecified atom stereocenters. The van der Waals surface area contributed by atoms with Crippen molar-refractivity contribution >= 4 is 21.9 Å². The summed E-state index contributed by atoms with van der Waals surface area (Å²) in [5.41, 5.74) is -0.263. The molecule has 6 heteroatoms. The van der Waals surface area contributed by atoms with E-state index in [0.717, 1.165) is 5.39 Å². The van der Waals surface area contributed by atoms with Gasteiger partial charge in [-0.25, -0.2) is 9.59 Å². The zero-order valence-electron chi connectivity index (χ0n) is 13.1. The molecule has 0 spiro atoms. The lowest BCUT2D eigenvalue weighted by Gasteiger charge is -2.12. The minimum Gasteiger partial charge on any atom is -0.493 e. The van der Waals surface area contributed by atoms with E-state index in [-0.39, 0.29) is 11.3 Å². The van der Waals surface area contributed by atoms with Crippen molar-refractivity contribution in [2.24, 2.45) is 0 Å². The van der Waals surface area contributed by atoms with Crippen LogP contribution >= 0.6 is 0 Å². The Hall–Kier alpha value is -3.54. The van der Waals surface area contributed by atoms with Crippen LogP contribution in [0.3, 0.4) is 0 Å². The molecule has 0 fully saturated rings. The Morgan fingerprint density at radius 2 is 1.48 bits per heavy atom. The molecule has 0 aliphatic rings. The van der Waals surface area contributed by atoms with E-state index in [9.17, 15) is 9.59 Å². The fraction of sp³-hybridized carbons (Fsp3) is 0.0526. The van der Waals surface area contributed by atoms with Crippen LogP contribution in [0.15, 0.2) is 73.0 Å². The first-order chi connectivity index (χ1) is 12.1. The number of hydrogen-bond donors (Lipinski definition) is 0. The maximum absolute atomic E-state index is 11.6. The summed E-state index contributed by atoms with van der Waals surface area (Å²) in [5.74, 6) is 1.10. The second-order valence-corrected chi connectivity index (χ2v) is 5.33. The van der Waals surface area contributed by atoms with Crippen LogP contribution in [0, 0.1) is 0 Å². The maximum Gasteiger partial charge on any atom is 0.336 e. The second kappa shape index (κ2) is 5.83. The third-order valence-corrected chi connectivity index (χ3v) is 3.74. The third-order valence-electron chi connectivity index (χ3n) is 3.74. The lowest BCUT2D eigenvalue weighted by Crippen LogP contribution is -1.98. The molecule has 0 radical (unpaired) electrons. The van der Waals surface area contributed by atoms with Crippen molar-refractivity contribution in [1.29, 1.82) is 0 Å². The van der Waals surface area contributed by atoms with Gasteiger partial charge >= 0.3 is 11.3 Å². The number of hydrogen-bond acceptors (Lipinski definition) is 6. The van der Waals surface area contributed by atoms with Gasteiger partial charge in [0.25, 0.3) is 0 Å². The molecule has 2 aromatic carbocycles. The monoisotopic (exact) mass is 336 g/mol. The van der Waals surface area contributed by atoms with E-state index in [1.165, 1.54) is 19.2 Å². The summed E-state index contributed by atoms with van der Waals surface area (Å²) >= 11 is 0. The Bertz CT molecular complexity index is 1200. The Morgan fingerprint density at radius 1 is 0.800 bits per heavy atom. The van der Waals surface area contributed by atoms with E-state index in [4.69, 9.17) is 18.3 Å². The SMILES string of the molecule is COc1ccc2ccc(=O)oc2c1Oc1ccc2ccc(=O)oc2c1. The lowest BCUT2D eigenvalue weighted by molar-refractivity contribution is 0.376. The average molecular weight is 336 g/mol. The van der Waals surface area contributed by atoms with E-state index in [1.807, 2.05) is 0 Å². The molecular weight excluding hydrogens is 324 g/mol. The number of rotatable bonds is 3. The first-order valence-electron chi connectivity index (χ1n) is 7.47. The summed E-state index contributed by atoms with van der Waals surface area (Å²) in [7, 11) is 1.49. The van der Waals surface area contributed by atoms with Gasteiger partial charge in [0.05, 0.1) is 7.11 Å². The lowest BCUT2D eigenvalue weighted by atomic mass is 10.2. The third kappa shape index (κ3) is 2.74. The van der Waals surface area contributed by atoms with Crippen molar-refractivity contribution in [2.45, 2.75) is 0 Å². The van der Waals surface area contributed by atoms with Crippen molar-refractivity contribution in [3.63, 3.8) is 0 Å². The molecule has 6 nitrogen and oxygen atoms in total. The Morgan fingerprint density at radius 3 is 2.28 bits per heavy atom. The summed E-state index contributed by atoms with van der Waals surface area (Å²) in [5, 5.41) is 1.46. The van der Waals surface area contributed by atoms with Crippen LogP contribution in [-0.2, 0) is 0 Å². The molecule has 4 rings (SSSR count). The first-order valence-corrected chi connectivity index (χ1v) is 7.47. The van der Waals surface area contributed by atoms with E-state index in [2.05, 4.69) is 0 Å². The molecule has 2 heterocycles. The van der Waals surface area contributed by atoms with Crippen LogP contribution < -0.4 is 20.7 Å². The molecular formula is C19H12O6. The highest BCUT2D eigenvalue weighted by Gasteiger charge is 2.14. The predicted molar refractivity (Wildman–Crippen MR) is 91.6 cm³/mol. The molecule has 4 aromatic rings. The molecule has 0 saturated heterocycles. The average Bonchev–Trinajstić information content (AvgIpc) is 2.62. The van der Waals surface area contributed by atoms with E-state index in [1.54, 1.807) is 42.5 Å². The van der Waals surface area contributed by atoms with Gasteiger partial charge in [0.2, 0.25) is 5.75 Å². The van der Waals surface area contributed by atoms with Crippen LogP contribution in [0.25, 0.3) is 21.9 Å². The van der Waals surface area contributed by atoms with Gasteiger partial charge in [0, 0.05) is 29.0 Å². The van der Waals surface area contributed by atoms with Gasteiger partial charge in [-0.1, -0.05) is 0 Å². The highest BCUT2D eigenvalue weighted by molar-refractivity contribution is 5.86. The van der Waals surface area contributed by atoms with Crippen molar-refractivity contribution in [1.82, 2.24) is 0 Å². The zero-order chi connectivity index (χ0) is 17.4. The quantitative estimate of drug-likeness (QED) is 0.531. The Labute approximate surface area is 140 Å². The maximum atomic E-state index is 11.6. The smallest absolute Gasteiger partial charge is 0.336 e. The fourth-order valence-electron chi connectivity index (χ4n) is 2.57. The van der Waals surface area contributed by atoms with E-state index in [0.29, 0.717) is 22.5 Å². The van der Waals surface area contributed by atoms with Crippen LogP contribution in [-0.4, -0.2) is 7.11 Å². The van der Waals surface area contributed by atoms with Crippen molar-refractivity contribution < 1.29 is 18.3 Å². The predicted octanol–water partition coefficient (Wildman–Crippen LogP) is 3.70. The number of fused-ring (bicyclic) bond motifs is 2. The summed E-state index contributed by atoms with van der Waals surface area (Å²) in [6.07, 6.45) is 0. The highest BCUT2D eigenvalue weighted by Crippen LogP contribution is 2.38. The van der Waals surface area contributed by atoms with Gasteiger partial charge in [-0.15, -0.1) is 0 Å². The van der Waals surface area contributed by atoms with Crippen LogP contribution in [0.1, 0.15) is 0 Å². The summed E-state index contributed by atoms with van der Waals surface area (Å²) in [6, 6.07) is 14.6. The summed E-state index contributed by atoms with van der Waals surface area (Å²) in [4.78, 5) is 23.0. The second-order valence-electron chi connectivity index (χ2n) is 5.33.